The number of carbonyl (C=O) groups excluding carboxylic acids is 1. The highest BCUT2D eigenvalue weighted by Gasteiger charge is 2.37. The van der Waals surface area contributed by atoms with Crippen LogP contribution < -0.4 is 4.74 Å². The predicted octanol–water partition coefficient (Wildman–Crippen LogP) is 3.58. The Morgan fingerprint density at radius 3 is 2.67 bits per heavy atom. The van der Waals surface area contributed by atoms with E-state index in [1.54, 1.807) is 21.0 Å². The minimum absolute atomic E-state index is 0.0184. The highest BCUT2D eigenvalue weighted by atomic mass is 79.9. The summed E-state index contributed by atoms with van der Waals surface area (Å²) in [6, 6.07) is 5.60. The molecule has 1 aliphatic rings. The van der Waals surface area contributed by atoms with Gasteiger partial charge in [-0.2, -0.15) is 0 Å². The second kappa shape index (κ2) is 6.62. The van der Waals surface area contributed by atoms with Gasteiger partial charge in [-0.25, -0.2) is 0 Å². The zero-order valence-corrected chi connectivity index (χ0v) is 14.0. The van der Waals surface area contributed by atoms with Crippen molar-refractivity contribution in [3.8, 4) is 5.75 Å². The van der Waals surface area contributed by atoms with Crippen molar-refractivity contribution in [2.75, 3.05) is 20.3 Å². The van der Waals surface area contributed by atoms with Crippen LogP contribution in [0.1, 0.15) is 25.8 Å². The first kappa shape index (κ1) is 16.0. The molecular weight excluding hydrogens is 336 g/mol. The van der Waals surface area contributed by atoms with Crippen LogP contribution in [0, 0.1) is 0 Å². The third-order valence-electron chi connectivity index (χ3n) is 3.26. The lowest BCUT2D eigenvalue weighted by Crippen LogP contribution is -2.28. The summed E-state index contributed by atoms with van der Waals surface area (Å²) in [5, 5.41) is 0. The van der Waals surface area contributed by atoms with Crippen molar-refractivity contribution in [3.05, 3.63) is 34.5 Å². The number of rotatable bonds is 6. The molecule has 0 saturated carbocycles. The Balaban J connectivity index is 2.14. The van der Waals surface area contributed by atoms with E-state index in [2.05, 4.69) is 15.9 Å². The Bertz CT molecular complexity index is 563. The lowest BCUT2D eigenvalue weighted by Gasteiger charge is -2.15. The Morgan fingerprint density at radius 2 is 2.05 bits per heavy atom. The molecule has 1 aromatic carbocycles. The molecule has 114 valence electrons. The van der Waals surface area contributed by atoms with E-state index in [0.717, 1.165) is 16.5 Å². The number of ether oxygens (including phenoxy) is 3. The number of hydrogen-bond acceptors (Lipinski definition) is 4. The topological polar surface area (TPSA) is 44.8 Å². The molecule has 0 aromatic heterocycles. The molecule has 0 aliphatic carbocycles. The number of hydrogen-bond donors (Lipinski definition) is 0. The quantitative estimate of drug-likeness (QED) is 0.732. The third-order valence-corrected chi connectivity index (χ3v) is 3.91. The summed E-state index contributed by atoms with van der Waals surface area (Å²) in [5.41, 5.74) is 0.590. The monoisotopic (exact) mass is 354 g/mol. The van der Waals surface area contributed by atoms with Gasteiger partial charge in [0.15, 0.2) is 5.60 Å². The van der Waals surface area contributed by atoms with Crippen LogP contribution in [0.2, 0.25) is 0 Å². The van der Waals surface area contributed by atoms with Gasteiger partial charge >= 0.3 is 0 Å². The van der Waals surface area contributed by atoms with Crippen LogP contribution in [-0.4, -0.2) is 31.7 Å². The molecule has 2 rings (SSSR count). The molecule has 0 amide bonds. The van der Waals surface area contributed by atoms with Gasteiger partial charge in [0.1, 0.15) is 5.75 Å². The van der Waals surface area contributed by atoms with Crippen molar-refractivity contribution in [1.82, 2.24) is 0 Å². The molecule has 0 spiro atoms. The van der Waals surface area contributed by atoms with Gasteiger partial charge in [0.2, 0.25) is 5.78 Å². The fourth-order valence-corrected chi connectivity index (χ4v) is 2.36. The number of carbonyl (C=O) groups is 1. The summed E-state index contributed by atoms with van der Waals surface area (Å²) >= 11 is 3.45. The summed E-state index contributed by atoms with van der Waals surface area (Å²) in [6.07, 6.45) is 2.34. The van der Waals surface area contributed by atoms with E-state index in [1.165, 1.54) is 6.26 Å². The summed E-state index contributed by atoms with van der Waals surface area (Å²) in [6.45, 7) is 4.74. The van der Waals surface area contributed by atoms with Crippen molar-refractivity contribution in [3.63, 3.8) is 0 Å². The van der Waals surface area contributed by atoms with Crippen LogP contribution in [0.3, 0.4) is 0 Å². The summed E-state index contributed by atoms with van der Waals surface area (Å²) < 4.78 is 17.0. The molecule has 1 aliphatic heterocycles. The number of Topliss-reactive ketones (excluding diaryl/α,β-unsaturated/α-hetero) is 1. The van der Waals surface area contributed by atoms with Gasteiger partial charge in [-0.15, -0.1) is 0 Å². The van der Waals surface area contributed by atoms with Crippen LogP contribution in [0.5, 0.6) is 5.75 Å². The Hall–Kier alpha value is -1.33. The maximum absolute atomic E-state index is 12.3. The van der Waals surface area contributed by atoms with Crippen LogP contribution in [0.25, 0.3) is 5.57 Å². The number of benzene rings is 1. The summed E-state index contributed by atoms with van der Waals surface area (Å²) in [4.78, 5) is 12.3. The van der Waals surface area contributed by atoms with E-state index in [9.17, 15) is 4.79 Å². The predicted molar refractivity (Wildman–Crippen MR) is 84.3 cm³/mol. The van der Waals surface area contributed by atoms with Gasteiger partial charge < -0.3 is 14.2 Å². The molecule has 4 nitrogen and oxygen atoms in total. The van der Waals surface area contributed by atoms with Crippen molar-refractivity contribution in [2.45, 2.75) is 25.9 Å². The van der Waals surface area contributed by atoms with Gasteiger partial charge in [0.05, 0.1) is 22.9 Å². The minimum Gasteiger partial charge on any atom is -0.492 e. The fourth-order valence-electron chi connectivity index (χ4n) is 2.00. The highest BCUT2D eigenvalue weighted by Crippen LogP contribution is 2.34. The van der Waals surface area contributed by atoms with Gasteiger partial charge in [-0.1, -0.05) is 6.07 Å². The van der Waals surface area contributed by atoms with Gasteiger partial charge in [0, 0.05) is 20.1 Å². The SMILES string of the molecule is COCCCOc1cc(C2=COC(C)(C)C2=O)ccc1Br. The Labute approximate surface area is 133 Å². The lowest BCUT2D eigenvalue weighted by molar-refractivity contribution is -0.125. The van der Waals surface area contributed by atoms with E-state index in [1.807, 2.05) is 18.2 Å². The molecular formula is C16H19BrO4. The van der Waals surface area contributed by atoms with E-state index in [-0.39, 0.29) is 5.78 Å². The van der Waals surface area contributed by atoms with Crippen LogP contribution >= 0.6 is 15.9 Å². The number of methoxy groups -OCH3 is 1. The second-order valence-corrected chi connectivity index (χ2v) is 6.18. The largest absolute Gasteiger partial charge is 0.492 e. The normalized spacial score (nSPS) is 16.6. The molecule has 0 saturated heterocycles. The van der Waals surface area contributed by atoms with Crippen molar-refractivity contribution < 1.29 is 19.0 Å². The van der Waals surface area contributed by atoms with Crippen molar-refractivity contribution >= 4 is 27.3 Å². The van der Waals surface area contributed by atoms with Crippen molar-refractivity contribution in [2.24, 2.45) is 0 Å². The molecule has 1 aromatic rings. The second-order valence-electron chi connectivity index (χ2n) is 5.33. The van der Waals surface area contributed by atoms with E-state index >= 15 is 0 Å². The van der Waals surface area contributed by atoms with E-state index in [0.29, 0.717) is 24.5 Å². The Kier molecular flexibility index (Phi) is 5.06. The molecule has 0 unspecified atom stereocenters. The minimum atomic E-state index is -0.790. The van der Waals surface area contributed by atoms with Gasteiger partial charge in [-0.3, -0.25) is 4.79 Å². The molecule has 5 heteroatoms. The first-order valence-corrected chi connectivity index (χ1v) is 7.59. The average Bonchev–Trinajstić information content (AvgIpc) is 2.72. The maximum atomic E-state index is 12.3. The maximum Gasteiger partial charge on any atom is 0.209 e. The average molecular weight is 355 g/mol. The zero-order valence-electron chi connectivity index (χ0n) is 12.4. The van der Waals surface area contributed by atoms with Crippen LogP contribution in [0.4, 0.5) is 0 Å². The summed E-state index contributed by atoms with van der Waals surface area (Å²) in [5.74, 6) is 0.692. The Morgan fingerprint density at radius 1 is 1.29 bits per heavy atom. The van der Waals surface area contributed by atoms with Crippen molar-refractivity contribution in [1.29, 1.82) is 0 Å². The van der Waals surface area contributed by atoms with E-state index < -0.39 is 5.60 Å². The first-order chi connectivity index (χ1) is 9.95. The van der Waals surface area contributed by atoms with Crippen LogP contribution in [-0.2, 0) is 14.3 Å². The molecule has 0 fully saturated rings. The number of ketones is 1. The molecule has 0 atom stereocenters. The highest BCUT2D eigenvalue weighted by molar-refractivity contribution is 9.10. The zero-order chi connectivity index (χ0) is 15.5. The standard InChI is InChI=1S/C16H19BrO4/c1-16(2)15(18)12(10-21-16)11-5-6-13(17)14(9-11)20-8-4-7-19-3/h5-6,9-10H,4,7-8H2,1-3H3. The molecule has 1 heterocycles. The van der Waals surface area contributed by atoms with Gasteiger partial charge in [0.25, 0.3) is 0 Å². The summed E-state index contributed by atoms with van der Waals surface area (Å²) in [7, 11) is 1.66. The fraction of sp³-hybridized carbons (Fsp3) is 0.438. The first-order valence-electron chi connectivity index (χ1n) is 6.80. The lowest BCUT2D eigenvalue weighted by atomic mass is 9.95. The molecule has 0 radical (unpaired) electrons. The molecule has 21 heavy (non-hydrogen) atoms. The molecule has 0 bridgehead atoms. The number of halogens is 1. The van der Waals surface area contributed by atoms with Gasteiger partial charge in [-0.05, 0) is 47.5 Å². The van der Waals surface area contributed by atoms with E-state index in [4.69, 9.17) is 14.2 Å². The smallest absolute Gasteiger partial charge is 0.209 e. The molecule has 0 N–H and O–H groups in total. The third kappa shape index (κ3) is 3.66. The van der Waals surface area contributed by atoms with Crippen LogP contribution in [0.15, 0.2) is 28.9 Å².